The Balaban J connectivity index is 2.49. The van der Waals surface area contributed by atoms with Crippen molar-refractivity contribution >= 4 is 22.9 Å². The molecule has 0 bridgehead atoms. The normalized spacial score (nSPS) is 10.3. The zero-order valence-corrected chi connectivity index (χ0v) is 8.82. The number of halogens is 1. The van der Waals surface area contributed by atoms with Crippen LogP contribution < -0.4 is 0 Å². The van der Waals surface area contributed by atoms with Crippen molar-refractivity contribution in [1.29, 1.82) is 0 Å². The molecule has 1 aromatic heterocycles. The number of rotatable bonds is 1. The summed E-state index contributed by atoms with van der Waals surface area (Å²) in [6.07, 6.45) is 0. The van der Waals surface area contributed by atoms with E-state index in [4.69, 9.17) is 11.6 Å². The fourth-order valence-corrected chi connectivity index (χ4v) is 2.08. The van der Waals surface area contributed by atoms with E-state index in [0.29, 0.717) is 0 Å². The molecule has 0 radical (unpaired) electrons. The molecule has 0 amide bonds. The molecular formula is C11H9ClS. The Morgan fingerprint density at radius 3 is 2.69 bits per heavy atom. The Morgan fingerprint density at radius 1 is 1.23 bits per heavy atom. The van der Waals surface area contributed by atoms with Crippen LogP contribution in [0, 0.1) is 6.92 Å². The molecule has 0 aliphatic rings. The highest BCUT2D eigenvalue weighted by atomic mass is 35.5. The molecule has 0 aliphatic heterocycles. The van der Waals surface area contributed by atoms with Gasteiger partial charge in [0.1, 0.15) is 0 Å². The number of benzene rings is 1. The summed E-state index contributed by atoms with van der Waals surface area (Å²) in [7, 11) is 0. The molecule has 2 heteroatoms. The molecule has 0 saturated heterocycles. The average Bonchev–Trinajstić information content (AvgIpc) is 2.62. The minimum Gasteiger partial charge on any atom is -0.144 e. The number of hydrogen-bond donors (Lipinski definition) is 0. The van der Waals surface area contributed by atoms with Crippen molar-refractivity contribution < 1.29 is 0 Å². The fraction of sp³-hybridized carbons (Fsp3) is 0.0909. The molecule has 2 aromatic rings. The van der Waals surface area contributed by atoms with Crippen molar-refractivity contribution in [1.82, 2.24) is 0 Å². The molecule has 0 saturated carbocycles. The molecule has 1 aromatic carbocycles. The summed E-state index contributed by atoms with van der Waals surface area (Å²) in [5.74, 6) is 0. The van der Waals surface area contributed by atoms with Gasteiger partial charge in [-0.2, -0.15) is 0 Å². The molecule has 0 fully saturated rings. The van der Waals surface area contributed by atoms with E-state index in [1.54, 1.807) is 11.3 Å². The van der Waals surface area contributed by atoms with Crippen LogP contribution in [0.15, 0.2) is 35.7 Å². The van der Waals surface area contributed by atoms with Gasteiger partial charge in [0.2, 0.25) is 0 Å². The van der Waals surface area contributed by atoms with Gasteiger partial charge in [0.05, 0.1) is 0 Å². The van der Waals surface area contributed by atoms with Crippen LogP contribution in [-0.4, -0.2) is 0 Å². The van der Waals surface area contributed by atoms with E-state index in [9.17, 15) is 0 Å². The summed E-state index contributed by atoms with van der Waals surface area (Å²) in [5, 5.41) is 2.92. The lowest BCUT2D eigenvalue weighted by atomic mass is 10.1. The van der Waals surface area contributed by atoms with Crippen molar-refractivity contribution in [2.45, 2.75) is 6.92 Å². The Bertz CT molecular complexity index is 404. The quantitative estimate of drug-likeness (QED) is 0.653. The Hall–Kier alpha value is -0.790. The van der Waals surface area contributed by atoms with Crippen molar-refractivity contribution in [2.24, 2.45) is 0 Å². The monoisotopic (exact) mass is 208 g/mol. The van der Waals surface area contributed by atoms with Gasteiger partial charge in [-0.25, -0.2) is 0 Å². The van der Waals surface area contributed by atoms with Crippen LogP contribution in [0.25, 0.3) is 10.4 Å². The highest BCUT2D eigenvalue weighted by Crippen LogP contribution is 2.27. The van der Waals surface area contributed by atoms with E-state index in [0.717, 1.165) is 10.6 Å². The predicted octanol–water partition coefficient (Wildman–Crippen LogP) is 4.38. The third-order valence-electron chi connectivity index (χ3n) is 1.96. The maximum Gasteiger partial charge on any atom is 0.0435 e. The summed E-state index contributed by atoms with van der Waals surface area (Å²) >= 11 is 7.69. The summed E-state index contributed by atoms with van der Waals surface area (Å²) in [6, 6.07) is 10.3. The second-order valence-electron chi connectivity index (χ2n) is 2.94. The Morgan fingerprint density at radius 2 is 2.08 bits per heavy atom. The maximum absolute atomic E-state index is 5.95. The molecule has 0 nitrogen and oxygen atoms in total. The smallest absolute Gasteiger partial charge is 0.0435 e. The zero-order chi connectivity index (χ0) is 9.26. The van der Waals surface area contributed by atoms with Crippen LogP contribution in [0.5, 0.6) is 0 Å². The molecule has 0 aliphatic carbocycles. The minimum atomic E-state index is 0.834. The van der Waals surface area contributed by atoms with Gasteiger partial charge < -0.3 is 0 Å². The highest BCUT2D eigenvalue weighted by Gasteiger charge is 2.00. The van der Waals surface area contributed by atoms with Crippen LogP contribution in [0.4, 0.5) is 0 Å². The third kappa shape index (κ3) is 1.77. The van der Waals surface area contributed by atoms with E-state index in [2.05, 4.69) is 29.6 Å². The van der Waals surface area contributed by atoms with Gasteiger partial charge in [-0.05, 0) is 41.6 Å². The molecule has 2 rings (SSSR count). The molecule has 13 heavy (non-hydrogen) atoms. The zero-order valence-electron chi connectivity index (χ0n) is 7.25. The van der Waals surface area contributed by atoms with Gasteiger partial charge in [-0.15, -0.1) is 11.3 Å². The minimum absolute atomic E-state index is 0.834. The van der Waals surface area contributed by atoms with Gasteiger partial charge in [-0.3, -0.25) is 0 Å². The maximum atomic E-state index is 5.95. The van der Waals surface area contributed by atoms with Crippen molar-refractivity contribution in [3.05, 3.63) is 46.3 Å². The van der Waals surface area contributed by atoms with Crippen molar-refractivity contribution in [2.75, 3.05) is 0 Å². The standard InChI is InChI=1S/C11H9ClS/c1-8-7-9(4-5-10(8)12)11-3-2-6-13-11/h2-7H,1H3. The second-order valence-corrected chi connectivity index (χ2v) is 4.30. The first kappa shape index (κ1) is 8.79. The number of aryl methyl sites for hydroxylation is 1. The van der Waals surface area contributed by atoms with E-state index in [1.165, 1.54) is 10.4 Å². The molecular weight excluding hydrogens is 200 g/mol. The van der Waals surface area contributed by atoms with Crippen molar-refractivity contribution in [3.63, 3.8) is 0 Å². The van der Waals surface area contributed by atoms with Crippen LogP contribution in [0.2, 0.25) is 5.02 Å². The second kappa shape index (κ2) is 3.52. The molecule has 0 unspecified atom stereocenters. The Labute approximate surface area is 86.8 Å². The summed E-state index contributed by atoms with van der Waals surface area (Å²) < 4.78 is 0. The van der Waals surface area contributed by atoms with Gasteiger partial charge in [-0.1, -0.05) is 23.7 Å². The predicted molar refractivity (Wildman–Crippen MR) is 59.5 cm³/mol. The van der Waals surface area contributed by atoms with Crippen LogP contribution in [-0.2, 0) is 0 Å². The molecule has 0 N–H and O–H groups in total. The summed E-state index contributed by atoms with van der Waals surface area (Å²) in [6.45, 7) is 2.03. The molecule has 66 valence electrons. The first-order chi connectivity index (χ1) is 6.27. The lowest BCUT2D eigenvalue weighted by Gasteiger charge is -2.00. The number of hydrogen-bond acceptors (Lipinski definition) is 1. The molecule has 1 heterocycles. The number of thiophene rings is 1. The lowest BCUT2D eigenvalue weighted by molar-refractivity contribution is 1.48. The lowest BCUT2D eigenvalue weighted by Crippen LogP contribution is -1.77. The average molecular weight is 209 g/mol. The topological polar surface area (TPSA) is 0 Å². The fourth-order valence-electron chi connectivity index (χ4n) is 1.24. The van der Waals surface area contributed by atoms with Crippen molar-refractivity contribution in [3.8, 4) is 10.4 Å². The van der Waals surface area contributed by atoms with E-state index >= 15 is 0 Å². The van der Waals surface area contributed by atoms with E-state index < -0.39 is 0 Å². The van der Waals surface area contributed by atoms with E-state index in [-0.39, 0.29) is 0 Å². The van der Waals surface area contributed by atoms with Crippen LogP contribution in [0.1, 0.15) is 5.56 Å². The molecule has 0 spiro atoms. The third-order valence-corrected chi connectivity index (χ3v) is 3.31. The van der Waals surface area contributed by atoms with Gasteiger partial charge in [0.25, 0.3) is 0 Å². The Kier molecular flexibility index (Phi) is 2.38. The highest BCUT2D eigenvalue weighted by molar-refractivity contribution is 7.13. The summed E-state index contributed by atoms with van der Waals surface area (Å²) in [4.78, 5) is 1.29. The first-order valence-corrected chi connectivity index (χ1v) is 5.33. The van der Waals surface area contributed by atoms with Gasteiger partial charge in [0.15, 0.2) is 0 Å². The first-order valence-electron chi connectivity index (χ1n) is 4.07. The van der Waals surface area contributed by atoms with Crippen LogP contribution in [0.3, 0.4) is 0 Å². The van der Waals surface area contributed by atoms with Crippen LogP contribution >= 0.6 is 22.9 Å². The SMILES string of the molecule is Cc1cc(-c2cccs2)ccc1Cl. The van der Waals surface area contributed by atoms with Gasteiger partial charge in [0, 0.05) is 9.90 Å². The molecule has 0 atom stereocenters. The largest absolute Gasteiger partial charge is 0.144 e. The van der Waals surface area contributed by atoms with E-state index in [1.807, 2.05) is 13.0 Å². The van der Waals surface area contributed by atoms with Gasteiger partial charge >= 0.3 is 0 Å². The summed E-state index contributed by atoms with van der Waals surface area (Å²) in [5.41, 5.74) is 2.38.